The van der Waals surface area contributed by atoms with E-state index in [0.29, 0.717) is 6.54 Å². The standard InChI is InChI=1S/C11H14N2O2/c14-11(15)13-8-4-2-6-10(13)9-5-1-3-7-12-9/h1,3,5,7,10H,2,4,6,8H2,(H,14,15). The van der Waals surface area contributed by atoms with Crippen molar-refractivity contribution in [3.05, 3.63) is 30.1 Å². The molecule has 0 saturated carbocycles. The highest BCUT2D eigenvalue weighted by Gasteiger charge is 2.28. The summed E-state index contributed by atoms with van der Waals surface area (Å²) in [5.74, 6) is 0. The number of hydrogen-bond acceptors (Lipinski definition) is 2. The molecule has 2 heterocycles. The molecular weight excluding hydrogens is 192 g/mol. The van der Waals surface area contributed by atoms with E-state index >= 15 is 0 Å². The fraction of sp³-hybridized carbons (Fsp3) is 0.455. The molecule has 1 amide bonds. The average Bonchev–Trinajstić information content (AvgIpc) is 2.30. The van der Waals surface area contributed by atoms with Gasteiger partial charge in [0.15, 0.2) is 0 Å². The van der Waals surface area contributed by atoms with Gasteiger partial charge in [0, 0.05) is 12.7 Å². The van der Waals surface area contributed by atoms with Crippen LogP contribution in [-0.4, -0.2) is 27.6 Å². The summed E-state index contributed by atoms with van der Waals surface area (Å²) in [7, 11) is 0. The van der Waals surface area contributed by atoms with Crippen molar-refractivity contribution in [3.8, 4) is 0 Å². The molecule has 15 heavy (non-hydrogen) atoms. The number of pyridine rings is 1. The number of amides is 1. The van der Waals surface area contributed by atoms with Gasteiger partial charge in [0.25, 0.3) is 0 Å². The molecule has 1 saturated heterocycles. The van der Waals surface area contributed by atoms with Crippen LogP contribution in [0.4, 0.5) is 4.79 Å². The van der Waals surface area contributed by atoms with Gasteiger partial charge in [-0.15, -0.1) is 0 Å². The van der Waals surface area contributed by atoms with E-state index in [1.807, 2.05) is 18.2 Å². The highest BCUT2D eigenvalue weighted by molar-refractivity contribution is 5.65. The molecule has 4 heteroatoms. The van der Waals surface area contributed by atoms with Crippen LogP contribution in [0.3, 0.4) is 0 Å². The lowest BCUT2D eigenvalue weighted by atomic mass is 9.99. The van der Waals surface area contributed by atoms with Gasteiger partial charge in [-0.05, 0) is 31.4 Å². The smallest absolute Gasteiger partial charge is 0.407 e. The molecule has 1 aromatic rings. The summed E-state index contributed by atoms with van der Waals surface area (Å²) in [6.07, 6.45) is 3.78. The Hall–Kier alpha value is -1.58. The van der Waals surface area contributed by atoms with Crippen molar-refractivity contribution in [3.63, 3.8) is 0 Å². The summed E-state index contributed by atoms with van der Waals surface area (Å²) in [6.45, 7) is 0.622. The maximum atomic E-state index is 11.0. The normalized spacial score (nSPS) is 21.3. The molecule has 0 bridgehead atoms. The van der Waals surface area contributed by atoms with E-state index < -0.39 is 6.09 Å². The summed E-state index contributed by atoms with van der Waals surface area (Å²) in [4.78, 5) is 16.8. The molecule has 1 fully saturated rings. The van der Waals surface area contributed by atoms with Crippen molar-refractivity contribution in [2.24, 2.45) is 0 Å². The number of nitrogens with zero attached hydrogens (tertiary/aromatic N) is 2. The first kappa shape index (κ1) is 9.96. The number of aromatic nitrogens is 1. The molecule has 4 nitrogen and oxygen atoms in total. The van der Waals surface area contributed by atoms with Crippen LogP contribution in [0.15, 0.2) is 24.4 Å². The zero-order valence-electron chi connectivity index (χ0n) is 8.47. The second-order valence-electron chi connectivity index (χ2n) is 3.74. The monoisotopic (exact) mass is 206 g/mol. The van der Waals surface area contributed by atoms with Crippen molar-refractivity contribution in [2.75, 3.05) is 6.54 Å². The highest BCUT2D eigenvalue weighted by Crippen LogP contribution is 2.29. The number of carbonyl (C=O) groups is 1. The van der Waals surface area contributed by atoms with Crippen LogP contribution in [0.1, 0.15) is 31.0 Å². The molecule has 80 valence electrons. The molecule has 1 unspecified atom stereocenters. The predicted molar refractivity (Wildman–Crippen MR) is 55.6 cm³/mol. The zero-order chi connectivity index (χ0) is 10.7. The van der Waals surface area contributed by atoms with E-state index in [1.54, 1.807) is 6.20 Å². The van der Waals surface area contributed by atoms with Gasteiger partial charge in [-0.2, -0.15) is 0 Å². The summed E-state index contributed by atoms with van der Waals surface area (Å²) < 4.78 is 0. The lowest BCUT2D eigenvalue weighted by molar-refractivity contribution is 0.105. The summed E-state index contributed by atoms with van der Waals surface area (Å²) >= 11 is 0. The number of likely N-dealkylation sites (tertiary alicyclic amines) is 1. The Balaban J connectivity index is 2.22. The van der Waals surface area contributed by atoms with Crippen LogP contribution in [-0.2, 0) is 0 Å². The predicted octanol–water partition coefficient (Wildman–Crippen LogP) is 2.29. The molecule has 1 atom stereocenters. The fourth-order valence-electron chi connectivity index (χ4n) is 2.04. The van der Waals surface area contributed by atoms with Gasteiger partial charge in [0.05, 0.1) is 11.7 Å². The maximum Gasteiger partial charge on any atom is 0.407 e. The van der Waals surface area contributed by atoms with E-state index in [4.69, 9.17) is 5.11 Å². The SMILES string of the molecule is O=C(O)N1CCCCC1c1ccccn1. The Morgan fingerprint density at radius 1 is 1.47 bits per heavy atom. The Labute approximate surface area is 88.6 Å². The molecular formula is C11H14N2O2. The van der Waals surface area contributed by atoms with Crippen LogP contribution in [0.5, 0.6) is 0 Å². The van der Waals surface area contributed by atoms with E-state index in [2.05, 4.69) is 4.98 Å². The Morgan fingerprint density at radius 3 is 3.00 bits per heavy atom. The lowest BCUT2D eigenvalue weighted by Gasteiger charge is -2.32. The first-order chi connectivity index (χ1) is 7.29. The number of rotatable bonds is 1. The van der Waals surface area contributed by atoms with Gasteiger partial charge < -0.3 is 5.11 Å². The first-order valence-electron chi connectivity index (χ1n) is 5.19. The second-order valence-corrected chi connectivity index (χ2v) is 3.74. The Morgan fingerprint density at radius 2 is 2.33 bits per heavy atom. The first-order valence-corrected chi connectivity index (χ1v) is 5.19. The van der Waals surface area contributed by atoms with Gasteiger partial charge >= 0.3 is 6.09 Å². The van der Waals surface area contributed by atoms with Gasteiger partial charge in [0.1, 0.15) is 0 Å². The van der Waals surface area contributed by atoms with Crippen molar-refractivity contribution in [1.82, 2.24) is 9.88 Å². The quantitative estimate of drug-likeness (QED) is 0.767. The van der Waals surface area contributed by atoms with Crippen molar-refractivity contribution < 1.29 is 9.90 Å². The number of piperidine rings is 1. The topological polar surface area (TPSA) is 53.4 Å². The van der Waals surface area contributed by atoms with Gasteiger partial charge in [-0.3, -0.25) is 9.88 Å². The Kier molecular flexibility index (Phi) is 2.85. The van der Waals surface area contributed by atoms with Gasteiger partial charge in [-0.25, -0.2) is 4.79 Å². The number of carboxylic acid groups (broad SMARTS) is 1. The summed E-state index contributed by atoms with van der Waals surface area (Å²) in [5, 5.41) is 9.07. The van der Waals surface area contributed by atoms with Crippen LogP contribution in [0, 0.1) is 0 Å². The third kappa shape index (κ3) is 2.09. The molecule has 1 N–H and O–H groups in total. The molecule has 0 aliphatic carbocycles. The molecule has 0 spiro atoms. The molecule has 1 aliphatic heterocycles. The van der Waals surface area contributed by atoms with E-state index in [9.17, 15) is 4.79 Å². The van der Waals surface area contributed by atoms with E-state index in [1.165, 1.54) is 4.90 Å². The van der Waals surface area contributed by atoms with Crippen LogP contribution < -0.4 is 0 Å². The van der Waals surface area contributed by atoms with Crippen LogP contribution in [0.2, 0.25) is 0 Å². The molecule has 1 aromatic heterocycles. The highest BCUT2D eigenvalue weighted by atomic mass is 16.4. The van der Waals surface area contributed by atoms with Crippen LogP contribution in [0.25, 0.3) is 0 Å². The maximum absolute atomic E-state index is 11.0. The molecule has 0 radical (unpaired) electrons. The van der Waals surface area contributed by atoms with Crippen molar-refractivity contribution in [2.45, 2.75) is 25.3 Å². The largest absolute Gasteiger partial charge is 0.465 e. The molecule has 2 rings (SSSR count). The third-order valence-corrected chi connectivity index (χ3v) is 2.78. The van der Waals surface area contributed by atoms with Gasteiger partial charge in [0.2, 0.25) is 0 Å². The summed E-state index contributed by atoms with van der Waals surface area (Å²) in [5.41, 5.74) is 0.861. The van der Waals surface area contributed by atoms with E-state index in [0.717, 1.165) is 25.0 Å². The lowest BCUT2D eigenvalue weighted by Crippen LogP contribution is -2.37. The van der Waals surface area contributed by atoms with Crippen molar-refractivity contribution >= 4 is 6.09 Å². The Bertz CT molecular complexity index is 340. The van der Waals surface area contributed by atoms with Gasteiger partial charge in [-0.1, -0.05) is 6.07 Å². The van der Waals surface area contributed by atoms with Crippen LogP contribution >= 0.6 is 0 Å². The molecule has 0 aromatic carbocycles. The minimum absolute atomic E-state index is 0.0579. The fourth-order valence-corrected chi connectivity index (χ4v) is 2.04. The minimum atomic E-state index is -0.842. The summed E-state index contributed by atoms with van der Waals surface area (Å²) in [6, 6.07) is 5.58. The van der Waals surface area contributed by atoms with Crippen molar-refractivity contribution in [1.29, 1.82) is 0 Å². The third-order valence-electron chi connectivity index (χ3n) is 2.78. The molecule has 1 aliphatic rings. The second kappa shape index (κ2) is 4.29. The zero-order valence-corrected chi connectivity index (χ0v) is 8.47. The number of hydrogen-bond donors (Lipinski definition) is 1. The van der Waals surface area contributed by atoms with E-state index in [-0.39, 0.29) is 6.04 Å². The minimum Gasteiger partial charge on any atom is -0.465 e. The average molecular weight is 206 g/mol.